The van der Waals surface area contributed by atoms with E-state index in [-0.39, 0.29) is 18.1 Å². The lowest BCUT2D eigenvalue weighted by molar-refractivity contribution is -0.121. The number of Topliss-reactive ketones (excluding diaryl/α,β-unsaturated/α-hetero) is 1. The molecule has 36 heavy (non-hydrogen) atoms. The van der Waals surface area contributed by atoms with Gasteiger partial charge < -0.3 is 10.0 Å². The van der Waals surface area contributed by atoms with Crippen LogP contribution in [0.5, 0.6) is 0 Å². The quantitative estimate of drug-likeness (QED) is 0.427. The highest BCUT2D eigenvalue weighted by Crippen LogP contribution is 2.31. The minimum Gasteiger partial charge on any atom is -0.389 e. The molecule has 2 heterocycles. The highest BCUT2D eigenvalue weighted by molar-refractivity contribution is 6.32. The Bertz CT molecular complexity index is 1500. The molecule has 180 valence electrons. The van der Waals surface area contributed by atoms with E-state index in [1.165, 1.54) is 0 Å². The number of rotatable bonds is 6. The fourth-order valence-electron chi connectivity index (χ4n) is 4.49. The van der Waals surface area contributed by atoms with Crippen LogP contribution in [0, 0.1) is 0 Å². The molecule has 0 spiro atoms. The summed E-state index contributed by atoms with van der Waals surface area (Å²) < 4.78 is 0. The molecule has 3 aromatic carbocycles. The number of hydrogen-bond acceptors (Lipinski definition) is 5. The lowest BCUT2D eigenvalue weighted by Crippen LogP contribution is -2.36. The Morgan fingerprint density at radius 3 is 2.58 bits per heavy atom. The van der Waals surface area contributed by atoms with E-state index < -0.39 is 12.6 Å². The van der Waals surface area contributed by atoms with Crippen molar-refractivity contribution < 1.29 is 14.7 Å². The molecular weight excluding hydrogens is 474 g/mol. The topological polar surface area (TPSA) is 82.9 Å². The van der Waals surface area contributed by atoms with Gasteiger partial charge in [-0.05, 0) is 46.7 Å². The molecule has 4 aromatic rings. The molecule has 5 rings (SSSR count). The van der Waals surface area contributed by atoms with Crippen molar-refractivity contribution in [3.63, 3.8) is 0 Å². The van der Waals surface area contributed by atoms with Crippen LogP contribution in [0.3, 0.4) is 0 Å². The number of likely N-dealkylation sites (N-methyl/N-ethyl adjacent to an activating group) is 1. The summed E-state index contributed by atoms with van der Waals surface area (Å²) in [5, 5.41) is 11.8. The van der Waals surface area contributed by atoms with Gasteiger partial charge in [-0.25, -0.2) is 0 Å². The van der Waals surface area contributed by atoms with Gasteiger partial charge in [0.05, 0.1) is 17.8 Å². The van der Waals surface area contributed by atoms with Crippen molar-refractivity contribution in [2.75, 3.05) is 18.6 Å². The van der Waals surface area contributed by atoms with Crippen LogP contribution in [0.25, 0.3) is 10.8 Å². The number of nitrogens with zero attached hydrogens (tertiary/aromatic N) is 3. The fourth-order valence-corrected chi connectivity index (χ4v) is 4.66. The van der Waals surface area contributed by atoms with Crippen LogP contribution in [-0.4, -0.2) is 47.2 Å². The minimum atomic E-state index is -0.645. The number of carbonyl (C=O) groups is 2. The average molecular weight is 498 g/mol. The van der Waals surface area contributed by atoms with Gasteiger partial charge in [-0.15, -0.1) is 0 Å². The number of benzodiazepines with no additional fused rings is 1. The number of fused-ring (bicyclic) bond motifs is 2. The molecule has 1 unspecified atom stereocenters. The molecule has 1 aromatic heterocycles. The number of pyridine rings is 1. The fraction of sp³-hybridized carbons (Fsp3) is 0.172. The minimum absolute atomic E-state index is 0.0531. The van der Waals surface area contributed by atoms with Gasteiger partial charge in [-0.2, -0.15) is 0 Å². The SMILES string of the molecule is CN1C(=O)C(Cc2ccc3ccccc3c2)N=C(c2ccc(CC(=O)CO)nc2)c2cc(Cl)ccc21. The maximum atomic E-state index is 13.6. The first-order valence-electron chi connectivity index (χ1n) is 11.6. The second kappa shape index (κ2) is 10.0. The number of aromatic nitrogens is 1. The van der Waals surface area contributed by atoms with Gasteiger partial charge in [0.1, 0.15) is 12.6 Å². The van der Waals surface area contributed by atoms with Crippen LogP contribution in [-0.2, 0) is 22.4 Å². The van der Waals surface area contributed by atoms with Crippen LogP contribution < -0.4 is 4.90 Å². The van der Waals surface area contributed by atoms with Crippen molar-refractivity contribution in [1.29, 1.82) is 0 Å². The van der Waals surface area contributed by atoms with Crippen LogP contribution in [0.4, 0.5) is 5.69 Å². The normalized spacial score (nSPS) is 15.4. The van der Waals surface area contributed by atoms with E-state index in [4.69, 9.17) is 21.7 Å². The summed E-state index contributed by atoms with van der Waals surface area (Å²) in [7, 11) is 1.75. The Hall–Kier alpha value is -3.87. The molecule has 0 bridgehead atoms. The third kappa shape index (κ3) is 4.78. The molecule has 0 fully saturated rings. The van der Waals surface area contributed by atoms with E-state index >= 15 is 0 Å². The number of benzene rings is 3. The molecule has 0 saturated carbocycles. The number of aliphatic hydroxyl groups excluding tert-OH is 1. The van der Waals surface area contributed by atoms with Crippen LogP contribution >= 0.6 is 11.6 Å². The molecule has 1 atom stereocenters. The largest absolute Gasteiger partial charge is 0.389 e. The first-order chi connectivity index (χ1) is 17.4. The number of aliphatic imine (C=N–C) groups is 1. The van der Waals surface area contributed by atoms with Crippen molar-refractivity contribution in [3.05, 3.63) is 106 Å². The molecule has 1 amide bonds. The first-order valence-corrected chi connectivity index (χ1v) is 12.0. The summed E-state index contributed by atoms with van der Waals surface area (Å²) in [6.45, 7) is -0.521. The molecule has 7 heteroatoms. The lowest BCUT2D eigenvalue weighted by Gasteiger charge is -2.20. The Morgan fingerprint density at radius 2 is 1.83 bits per heavy atom. The Morgan fingerprint density at radius 1 is 1.03 bits per heavy atom. The molecule has 1 aliphatic rings. The smallest absolute Gasteiger partial charge is 0.251 e. The maximum absolute atomic E-state index is 13.6. The standard InChI is InChI=1S/C29H24ClN3O3/c1-33-27-11-9-22(30)14-25(27)28(21-8-10-23(31-16-21)15-24(35)17-34)32-26(29(33)36)13-18-6-7-19-4-2-3-5-20(19)12-18/h2-12,14,16,26,34H,13,15,17H2,1H3. The summed E-state index contributed by atoms with van der Waals surface area (Å²) in [5.74, 6) is -0.415. The average Bonchev–Trinajstić information content (AvgIpc) is 2.99. The van der Waals surface area contributed by atoms with Gasteiger partial charge in [0.15, 0.2) is 5.78 Å². The van der Waals surface area contributed by atoms with Crippen molar-refractivity contribution in [1.82, 2.24) is 4.98 Å². The van der Waals surface area contributed by atoms with Gasteiger partial charge in [-0.3, -0.25) is 19.6 Å². The zero-order valence-corrected chi connectivity index (χ0v) is 20.4. The van der Waals surface area contributed by atoms with Gasteiger partial charge in [0.2, 0.25) is 0 Å². The maximum Gasteiger partial charge on any atom is 0.251 e. The zero-order valence-electron chi connectivity index (χ0n) is 19.7. The number of anilines is 1. The summed E-state index contributed by atoms with van der Waals surface area (Å²) in [5.41, 5.74) is 4.35. The van der Waals surface area contributed by atoms with Gasteiger partial charge in [-0.1, -0.05) is 54.1 Å². The van der Waals surface area contributed by atoms with E-state index in [0.717, 1.165) is 21.9 Å². The Labute approximate surface area is 213 Å². The van der Waals surface area contributed by atoms with Crippen molar-refractivity contribution in [2.24, 2.45) is 4.99 Å². The molecule has 0 saturated heterocycles. The van der Waals surface area contributed by atoms with Gasteiger partial charge in [0, 0.05) is 41.5 Å². The second-order valence-corrected chi connectivity index (χ2v) is 9.29. The monoisotopic (exact) mass is 497 g/mol. The number of hydrogen-bond donors (Lipinski definition) is 1. The lowest BCUT2D eigenvalue weighted by atomic mass is 10.00. The van der Waals surface area contributed by atoms with Gasteiger partial charge in [0.25, 0.3) is 5.91 Å². The molecule has 1 N–H and O–H groups in total. The Balaban J connectivity index is 1.57. The molecule has 0 radical (unpaired) electrons. The predicted molar refractivity (Wildman–Crippen MR) is 142 cm³/mol. The van der Waals surface area contributed by atoms with Crippen LogP contribution in [0.15, 0.2) is 84.0 Å². The van der Waals surface area contributed by atoms with Crippen molar-refractivity contribution in [3.8, 4) is 0 Å². The number of ketones is 1. The number of amides is 1. The number of aliphatic hydroxyl groups is 1. The summed E-state index contributed by atoms with van der Waals surface area (Å²) in [4.78, 5) is 36.2. The molecule has 0 aliphatic carbocycles. The summed E-state index contributed by atoms with van der Waals surface area (Å²) in [6, 6.07) is 22.6. The molecule has 6 nitrogen and oxygen atoms in total. The highest BCUT2D eigenvalue weighted by atomic mass is 35.5. The molecular formula is C29H24ClN3O3. The van der Waals surface area contributed by atoms with E-state index in [1.807, 2.05) is 30.3 Å². The summed E-state index contributed by atoms with van der Waals surface area (Å²) in [6.07, 6.45) is 2.14. The van der Waals surface area contributed by atoms with Crippen LogP contribution in [0.1, 0.15) is 22.4 Å². The zero-order chi connectivity index (χ0) is 25.2. The van der Waals surface area contributed by atoms with E-state index in [1.54, 1.807) is 36.3 Å². The van der Waals surface area contributed by atoms with E-state index in [2.05, 4.69) is 29.2 Å². The van der Waals surface area contributed by atoms with Gasteiger partial charge >= 0.3 is 0 Å². The predicted octanol–water partition coefficient (Wildman–Crippen LogP) is 4.42. The van der Waals surface area contributed by atoms with Crippen molar-refractivity contribution in [2.45, 2.75) is 18.9 Å². The van der Waals surface area contributed by atoms with Crippen molar-refractivity contribution >= 4 is 45.5 Å². The second-order valence-electron chi connectivity index (χ2n) is 8.85. The summed E-state index contributed by atoms with van der Waals surface area (Å²) >= 11 is 6.35. The van der Waals surface area contributed by atoms with E-state index in [0.29, 0.717) is 34.1 Å². The first kappa shape index (κ1) is 23.9. The highest BCUT2D eigenvalue weighted by Gasteiger charge is 2.30. The third-order valence-electron chi connectivity index (χ3n) is 6.37. The third-order valence-corrected chi connectivity index (χ3v) is 6.61. The van der Waals surface area contributed by atoms with Crippen LogP contribution in [0.2, 0.25) is 5.02 Å². The Kier molecular flexibility index (Phi) is 6.63. The van der Waals surface area contributed by atoms with E-state index in [9.17, 15) is 9.59 Å². The molecule has 1 aliphatic heterocycles. The number of carbonyl (C=O) groups excluding carboxylic acids is 2. The number of halogens is 1.